The molecule has 2 fully saturated rings. The Hall–Kier alpha value is -0.760. The fraction of sp³-hybridized carbons (Fsp3) is 0.500. The Morgan fingerprint density at radius 1 is 1.08 bits per heavy atom. The lowest BCUT2D eigenvalue weighted by Crippen LogP contribution is -2.60. The molecule has 10 heteroatoms. The first kappa shape index (κ1) is 18.6. The molecule has 1 aromatic rings. The van der Waals surface area contributed by atoms with Gasteiger partial charge >= 0.3 is 0 Å². The predicted octanol–water partition coefficient (Wildman–Crippen LogP) is 3.04. The lowest BCUT2D eigenvalue weighted by atomic mass is 9.84. The van der Waals surface area contributed by atoms with E-state index in [1.165, 1.54) is 20.5 Å². The van der Waals surface area contributed by atoms with Crippen LogP contribution in [0.2, 0.25) is 0 Å². The Labute approximate surface area is 168 Å². The number of ether oxygens (including phenoxy) is 2. The summed E-state index contributed by atoms with van der Waals surface area (Å²) in [7, 11) is 2.63. The zero-order valence-electron chi connectivity index (χ0n) is 13.6. The number of halogens is 4. The van der Waals surface area contributed by atoms with E-state index < -0.39 is 39.2 Å². The molecule has 2 aliphatic carbocycles. The summed E-state index contributed by atoms with van der Waals surface area (Å²) in [5.74, 6) is -4.56. The second-order valence-corrected chi connectivity index (χ2v) is 8.32. The van der Waals surface area contributed by atoms with Crippen molar-refractivity contribution in [2.75, 3.05) is 14.2 Å². The number of methoxy groups -OCH3 is 2. The van der Waals surface area contributed by atoms with E-state index in [1.807, 2.05) is 0 Å². The molecule has 0 radical (unpaired) electrons. The van der Waals surface area contributed by atoms with Crippen molar-refractivity contribution in [1.29, 1.82) is 0 Å². The van der Waals surface area contributed by atoms with Gasteiger partial charge in [-0.2, -0.15) is 0 Å². The van der Waals surface area contributed by atoms with Gasteiger partial charge in [-0.05, 0) is 12.1 Å². The molecule has 4 rings (SSSR count). The zero-order valence-corrected chi connectivity index (χ0v) is 16.6. The standard InChI is InChI=1S/C16H13Cl4NO5/c1-24-16(25-2)14(19)8-9(15(16,20)11(18)10(14)17)13(23)21(12(8)22)6-7-4-3-5-26-7/h3-5,8-9H,6H2,1-2H3/t8-,9-,14-,15-/m0/s1. The monoisotopic (exact) mass is 439 g/mol. The number of rotatable bonds is 4. The highest BCUT2D eigenvalue weighted by Gasteiger charge is 2.89. The van der Waals surface area contributed by atoms with Crippen molar-refractivity contribution >= 4 is 58.2 Å². The highest BCUT2D eigenvalue weighted by Crippen LogP contribution is 2.75. The molecule has 0 aromatic carbocycles. The summed E-state index contributed by atoms with van der Waals surface area (Å²) in [6, 6.07) is 3.32. The van der Waals surface area contributed by atoms with Crippen molar-refractivity contribution in [1.82, 2.24) is 4.90 Å². The summed E-state index contributed by atoms with van der Waals surface area (Å²) in [5.41, 5.74) is 0. The quantitative estimate of drug-likeness (QED) is 0.409. The van der Waals surface area contributed by atoms with E-state index >= 15 is 0 Å². The average molecular weight is 441 g/mol. The number of nitrogens with zero attached hydrogens (tertiary/aromatic N) is 1. The maximum atomic E-state index is 13.1. The van der Waals surface area contributed by atoms with E-state index in [9.17, 15) is 9.59 Å². The normalized spacial score (nSPS) is 37.8. The molecule has 1 saturated heterocycles. The first-order valence-corrected chi connectivity index (χ1v) is 9.15. The third kappa shape index (κ3) is 1.70. The summed E-state index contributed by atoms with van der Waals surface area (Å²) in [4.78, 5) is 23.8. The largest absolute Gasteiger partial charge is 0.467 e. The Morgan fingerprint density at radius 2 is 1.58 bits per heavy atom. The SMILES string of the molecule is COC1(OC)[C@@]2(Cl)C(Cl)=C(Cl)[C@@]1(Cl)[C@@H]1C(=O)N(Cc3ccco3)C(=O)[C@H]12. The minimum absolute atomic E-state index is 0.0419. The molecule has 2 heterocycles. The van der Waals surface area contributed by atoms with Gasteiger partial charge in [0.05, 0.1) is 34.7 Å². The number of hydrogen-bond donors (Lipinski definition) is 0. The fourth-order valence-corrected chi connectivity index (χ4v) is 6.64. The molecule has 2 amide bonds. The smallest absolute Gasteiger partial charge is 0.235 e. The van der Waals surface area contributed by atoms with E-state index in [0.29, 0.717) is 5.76 Å². The summed E-state index contributed by atoms with van der Waals surface area (Å²) in [5, 5.41) is -0.108. The molecule has 2 bridgehead atoms. The molecule has 1 saturated carbocycles. The van der Waals surface area contributed by atoms with Crippen LogP contribution in [0.4, 0.5) is 0 Å². The molecule has 3 aliphatic rings. The van der Waals surface area contributed by atoms with E-state index in [1.54, 1.807) is 12.1 Å². The molecule has 6 nitrogen and oxygen atoms in total. The predicted molar refractivity (Wildman–Crippen MR) is 93.9 cm³/mol. The van der Waals surface area contributed by atoms with Crippen molar-refractivity contribution in [2.45, 2.75) is 22.1 Å². The van der Waals surface area contributed by atoms with Crippen LogP contribution in [-0.4, -0.2) is 46.5 Å². The van der Waals surface area contributed by atoms with Gasteiger partial charge in [0.15, 0.2) is 0 Å². The Kier molecular flexibility index (Phi) is 4.02. The maximum absolute atomic E-state index is 13.1. The summed E-state index contributed by atoms with van der Waals surface area (Å²) in [6.07, 6.45) is 1.45. The number of fused-ring (bicyclic) bond motifs is 5. The lowest BCUT2D eigenvalue weighted by molar-refractivity contribution is -0.222. The third-order valence-electron chi connectivity index (χ3n) is 5.51. The second-order valence-electron chi connectivity index (χ2n) is 6.37. The Morgan fingerprint density at radius 3 is 1.96 bits per heavy atom. The molecule has 1 aromatic heterocycles. The number of alkyl halides is 2. The van der Waals surface area contributed by atoms with E-state index in [-0.39, 0.29) is 16.6 Å². The zero-order chi connectivity index (χ0) is 19.1. The van der Waals surface area contributed by atoms with Gasteiger partial charge in [0.2, 0.25) is 17.6 Å². The number of furan rings is 1. The Bertz CT molecular complexity index is 790. The van der Waals surface area contributed by atoms with Gasteiger partial charge in [0.25, 0.3) is 0 Å². The molecule has 26 heavy (non-hydrogen) atoms. The average Bonchev–Trinajstić information content (AvgIpc) is 3.29. The minimum atomic E-state index is -1.77. The van der Waals surface area contributed by atoms with Crippen LogP contribution in [0.3, 0.4) is 0 Å². The number of hydrogen-bond acceptors (Lipinski definition) is 5. The van der Waals surface area contributed by atoms with Crippen molar-refractivity contribution in [3.05, 3.63) is 34.2 Å². The molecular formula is C16H13Cl4NO5. The van der Waals surface area contributed by atoms with Gasteiger partial charge in [-0.3, -0.25) is 14.5 Å². The minimum Gasteiger partial charge on any atom is -0.467 e. The lowest BCUT2D eigenvalue weighted by Gasteiger charge is -2.42. The summed E-state index contributed by atoms with van der Waals surface area (Å²) in [6.45, 7) is -0.0419. The van der Waals surface area contributed by atoms with Crippen LogP contribution in [0.1, 0.15) is 5.76 Å². The topological polar surface area (TPSA) is 69.0 Å². The van der Waals surface area contributed by atoms with Crippen molar-refractivity contribution in [3.8, 4) is 0 Å². The van der Waals surface area contributed by atoms with Crippen LogP contribution < -0.4 is 0 Å². The number of likely N-dealkylation sites (tertiary alicyclic amines) is 1. The third-order valence-corrected chi connectivity index (χ3v) is 8.12. The molecule has 140 valence electrons. The fourth-order valence-electron chi connectivity index (χ4n) is 4.48. The van der Waals surface area contributed by atoms with Crippen molar-refractivity contribution < 1.29 is 23.5 Å². The summed E-state index contributed by atoms with van der Waals surface area (Å²) < 4.78 is 16.3. The number of amides is 2. The molecular weight excluding hydrogens is 428 g/mol. The van der Waals surface area contributed by atoms with Gasteiger partial charge in [-0.25, -0.2) is 0 Å². The van der Waals surface area contributed by atoms with Crippen molar-refractivity contribution in [3.63, 3.8) is 0 Å². The summed E-state index contributed by atoms with van der Waals surface area (Å²) >= 11 is 26.4. The van der Waals surface area contributed by atoms with Gasteiger partial charge in [-0.15, -0.1) is 23.2 Å². The van der Waals surface area contributed by atoms with Crippen molar-refractivity contribution in [2.24, 2.45) is 11.8 Å². The van der Waals surface area contributed by atoms with Crippen LogP contribution in [0.15, 0.2) is 32.9 Å². The number of imide groups is 1. The van der Waals surface area contributed by atoms with E-state index in [2.05, 4.69) is 0 Å². The number of carbonyl (C=O) groups is 2. The highest BCUT2D eigenvalue weighted by atomic mass is 35.5. The van der Waals surface area contributed by atoms with Gasteiger partial charge in [-0.1, -0.05) is 23.2 Å². The van der Waals surface area contributed by atoms with Crippen LogP contribution >= 0.6 is 46.4 Å². The molecule has 0 N–H and O–H groups in total. The Balaban J connectivity index is 1.86. The van der Waals surface area contributed by atoms with Gasteiger partial charge in [0, 0.05) is 14.2 Å². The second kappa shape index (κ2) is 5.63. The molecule has 0 unspecified atom stereocenters. The van der Waals surface area contributed by atoms with Crippen LogP contribution in [0.25, 0.3) is 0 Å². The van der Waals surface area contributed by atoms with Gasteiger partial charge in [0.1, 0.15) is 15.5 Å². The molecule has 1 aliphatic heterocycles. The molecule has 4 atom stereocenters. The van der Waals surface area contributed by atoms with E-state index in [0.717, 1.165) is 4.90 Å². The molecule has 0 spiro atoms. The number of carbonyl (C=O) groups excluding carboxylic acids is 2. The first-order valence-electron chi connectivity index (χ1n) is 7.64. The van der Waals surface area contributed by atoms with E-state index in [4.69, 9.17) is 60.3 Å². The van der Waals surface area contributed by atoms with Gasteiger partial charge < -0.3 is 13.9 Å². The first-order chi connectivity index (χ1) is 12.2. The van der Waals surface area contributed by atoms with Crippen LogP contribution in [0, 0.1) is 11.8 Å². The van der Waals surface area contributed by atoms with Crippen LogP contribution in [0.5, 0.6) is 0 Å². The highest BCUT2D eigenvalue weighted by molar-refractivity contribution is 6.53. The van der Waals surface area contributed by atoms with Crippen LogP contribution in [-0.2, 0) is 25.6 Å². The maximum Gasteiger partial charge on any atom is 0.235 e.